The van der Waals surface area contributed by atoms with E-state index in [1.165, 1.54) is 5.56 Å². The summed E-state index contributed by atoms with van der Waals surface area (Å²) in [5, 5.41) is 2.92. The summed E-state index contributed by atoms with van der Waals surface area (Å²) in [7, 11) is 0. The van der Waals surface area contributed by atoms with Crippen LogP contribution in [0.25, 0.3) is 6.08 Å². The fourth-order valence-corrected chi connectivity index (χ4v) is 3.04. The predicted octanol–water partition coefficient (Wildman–Crippen LogP) is 3.25. The first-order chi connectivity index (χ1) is 13.7. The molecule has 1 heterocycles. The van der Waals surface area contributed by atoms with Crippen LogP contribution in [0.5, 0.6) is 5.75 Å². The average Bonchev–Trinajstić information content (AvgIpc) is 2.74. The fourth-order valence-electron chi connectivity index (χ4n) is 3.04. The van der Waals surface area contributed by atoms with Crippen molar-refractivity contribution in [1.29, 1.82) is 0 Å². The van der Waals surface area contributed by atoms with Gasteiger partial charge in [0.1, 0.15) is 5.75 Å². The summed E-state index contributed by atoms with van der Waals surface area (Å²) in [6.07, 6.45) is 3.36. The highest BCUT2D eigenvalue weighted by molar-refractivity contribution is 5.91. The Labute approximate surface area is 167 Å². The number of nitrogens with one attached hydrogen (secondary N) is 1. The van der Waals surface area contributed by atoms with Crippen molar-refractivity contribution in [2.75, 3.05) is 32.9 Å². The van der Waals surface area contributed by atoms with Crippen LogP contribution in [0.1, 0.15) is 23.6 Å². The molecule has 1 aliphatic rings. The molecule has 1 saturated heterocycles. The molecule has 2 aromatic rings. The van der Waals surface area contributed by atoms with Crippen LogP contribution in [0.2, 0.25) is 0 Å². The molecule has 0 atom stereocenters. The number of ether oxygens (including phenoxy) is 2. The monoisotopic (exact) mass is 380 g/mol. The predicted molar refractivity (Wildman–Crippen MR) is 111 cm³/mol. The number of hydrogen-bond donors (Lipinski definition) is 1. The smallest absolute Gasteiger partial charge is 0.244 e. The van der Waals surface area contributed by atoms with Gasteiger partial charge in [0.05, 0.1) is 19.8 Å². The molecule has 1 fully saturated rings. The SMILES string of the molecule is CCOc1ccc(/C=C/C(=O)NCc2ccc(CN3CCOCC3)cc2)cc1. The molecular formula is C23H28N2O3. The molecule has 1 aliphatic heterocycles. The third-order valence-corrected chi connectivity index (χ3v) is 4.62. The quantitative estimate of drug-likeness (QED) is 0.715. The molecule has 0 spiro atoms. The first-order valence-corrected chi connectivity index (χ1v) is 9.79. The second-order valence-corrected chi connectivity index (χ2v) is 6.76. The summed E-state index contributed by atoms with van der Waals surface area (Å²) in [6, 6.07) is 16.1. The highest BCUT2D eigenvalue weighted by Gasteiger charge is 2.10. The van der Waals surface area contributed by atoms with E-state index in [1.807, 2.05) is 31.2 Å². The molecule has 5 heteroatoms. The summed E-state index contributed by atoms with van der Waals surface area (Å²) in [5.74, 6) is 0.729. The summed E-state index contributed by atoms with van der Waals surface area (Å²) in [5.41, 5.74) is 3.34. The lowest BCUT2D eigenvalue weighted by molar-refractivity contribution is -0.116. The Hall–Kier alpha value is -2.63. The number of nitrogens with zero attached hydrogens (tertiary/aromatic N) is 1. The van der Waals surface area contributed by atoms with Gasteiger partial charge in [-0.1, -0.05) is 36.4 Å². The van der Waals surface area contributed by atoms with Gasteiger partial charge in [-0.2, -0.15) is 0 Å². The second-order valence-electron chi connectivity index (χ2n) is 6.76. The summed E-state index contributed by atoms with van der Waals surface area (Å²) in [6.45, 7) is 7.66. The minimum atomic E-state index is -0.105. The number of rotatable bonds is 8. The first kappa shape index (κ1) is 20.1. The van der Waals surface area contributed by atoms with Gasteiger partial charge >= 0.3 is 0 Å². The summed E-state index contributed by atoms with van der Waals surface area (Å²) < 4.78 is 10.8. The molecule has 2 aromatic carbocycles. The van der Waals surface area contributed by atoms with Crippen molar-refractivity contribution in [3.8, 4) is 5.75 Å². The Morgan fingerprint density at radius 1 is 1.07 bits per heavy atom. The van der Waals surface area contributed by atoms with E-state index < -0.39 is 0 Å². The molecule has 0 aromatic heterocycles. The Kier molecular flexibility index (Phi) is 7.64. The molecule has 0 bridgehead atoms. The third-order valence-electron chi connectivity index (χ3n) is 4.62. The van der Waals surface area contributed by atoms with Crippen molar-refractivity contribution in [2.45, 2.75) is 20.0 Å². The van der Waals surface area contributed by atoms with E-state index in [9.17, 15) is 4.79 Å². The maximum absolute atomic E-state index is 12.0. The minimum Gasteiger partial charge on any atom is -0.494 e. The van der Waals surface area contributed by atoms with Gasteiger partial charge in [-0.15, -0.1) is 0 Å². The Balaban J connectivity index is 1.43. The lowest BCUT2D eigenvalue weighted by Gasteiger charge is -2.26. The third kappa shape index (κ3) is 6.51. The van der Waals surface area contributed by atoms with E-state index in [-0.39, 0.29) is 5.91 Å². The maximum Gasteiger partial charge on any atom is 0.244 e. The normalized spacial score (nSPS) is 14.9. The molecule has 3 rings (SSSR count). The van der Waals surface area contributed by atoms with Crippen molar-refractivity contribution >= 4 is 12.0 Å². The van der Waals surface area contributed by atoms with Crippen molar-refractivity contribution in [1.82, 2.24) is 10.2 Å². The van der Waals surface area contributed by atoms with Crippen LogP contribution >= 0.6 is 0 Å². The standard InChI is InChI=1S/C23H28N2O3/c1-2-28-22-10-7-19(8-11-22)9-12-23(26)24-17-20-3-5-21(6-4-20)18-25-13-15-27-16-14-25/h3-12H,2,13-18H2,1H3,(H,24,26)/b12-9+. The molecule has 0 aliphatic carbocycles. The van der Waals surface area contributed by atoms with Gasteiger partial charge in [0.2, 0.25) is 5.91 Å². The fraction of sp³-hybridized carbons (Fsp3) is 0.348. The van der Waals surface area contributed by atoms with Crippen molar-refractivity contribution < 1.29 is 14.3 Å². The van der Waals surface area contributed by atoms with Gasteiger partial charge in [0, 0.05) is 32.3 Å². The van der Waals surface area contributed by atoms with Gasteiger partial charge in [-0.25, -0.2) is 0 Å². The van der Waals surface area contributed by atoms with E-state index in [4.69, 9.17) is 9.47 Å². The molecule has 0 unspecified atom stereocenters. The van der Waals surface area contributed by atoms with E-state index in [0.29, 0.717) is 13.2 Å². The van der Waals surface area contributed by atoms with Crippen molar-refractivity contribution in [2.24, 2.45) is 0 Å². The zero-order valence-electron chi connectivity index (χ0n) is 16.4. The van der Waals surface area contributed by atoms with E-state index in [2.05, 4.69) is 34.5 Å². The van der Waals surface area contributed by atoms with Crippen LogP contribution in [0.3, 0.4) is 0 Å². The van der Waals surface area contributed by atoms with Gasteiger partial charge < -0.3 is 14.8 Å². The van der Waals surface area contributed by atoms with Gasteiger partial charge in [-0.3, -0.25) is 9.69 Å². The van der Waals surface area contributed by atoms with Crippen LogP contribution in [0, 0.1) is 0 Å². The molecule has 5 nitrogen and oxygen atoms in total. The Morgan fingerprint density at radius 3 is 2.43 bits per heavy atom. The molecular weight excluding hydrogens is 352 g/mol. The Morgan fingerprint density at radius 2 is 1.75 bits per heavy atom. The molecule has 1 amide bonds. The topological polar surface area (TPSA) is 50.8 Å². The van der Waals surface area contributed by atoms with Crippen LogP contribution in [0.4, 0.5) is 0 Å². The zero-order chi connectivity index (χ0) is 19.6. The molecule has 1 N–H and O–H groups in total. The molecule has 148 valence electrons. The van der Waals surface area contributed by atoms with E-state index >= 15 is 0 Å². The summed E-state index contributed by atoms with van der Waals surface area (Å²) >= 11 is 0. The number of morpholine rings is 1. The zero-order valence-corrected chi connectivity index (χ0v) is 16.4. The Bertz CT molecular complexity index is 763. The van der Waals surface area contributed by atoms with E-state index in [0.717, 1.165) is 49.7 Å². The lowest BCUT2D eigenvalue weighted by atomic mass is 10.1. The summed E-state index contributed by atoms with van der Waals surface area (Å²) in [4.78, 5) is 14.4. The van der Waals surface area contributed by atoms with Crippen LogP contribution in [-0.2, 0) is 22.6 Å². The van der Waals surface area contributed by atoms with Crippen LogP contribution < -0.4 is 10.1 Å². The first-order valence-electron chi connectivity index (χ1n) is 9.79. The van der Waals surface area contributed by atoms with Gasteiger partial charge in [0.15, 0.2) is 0 Å². The molecule has 0 saturated carbocycles. The van der Waals surface area contributed by atoms with Crippen LogP contribution in [-0.4, -0.2) is 43.7 Å². The highest BCUT2D eigenvalue weighted by Crippen LogP contribution is 2.13. The largest absolute Gasteiger partial charge is 0.494 e. The molecule has 28 heavy (non-hydrogen) atoms. The highest BCUT2D eigenvalue weighted by atomic mass is 16.5. The van der Waals surface area contributed by atoms with E-state index in [1.54, 1.807) is 12.2 Å². The van der Waals surface area contributed by atoms with Crippen LogP contribution in [0.15, 0.2) is 54.6 Å². The minimum absolute atomic E-state index is 0.105. The van der Waals surface area contributed by atoms with Crippen molar-refractivity contribution in [3.05, 3.63) is 71.3 Å². The average molecular weight is 380 g/mol. The van der Waals surface area contributed by atoms with Gasteiger partial charge in [-0.05, 0) is 41.8 Å². The maximum atomic E-state index is 12.0. The number of carbonyl (C=O) groups is 1. The number of benzene rings is 2. The lowest BCUT2D eigenvalue weighted by Crippen LogP contribution is -2.35. The van der Waals surface area contributed by atoms with Crippen molar-refractivity contribution in [3.63, 3.8) is 0 Å². The second kappa shape index (κ2) is 10.6. The molecule has 0 radical (unpaired) electrons. The number of amides is 1. The number of carbonyl (C=O) groups excluding carboxylic acids is 1. The van der Waals surface area contributed by atoms with Gasteiger partial charge in [0.25, 0.3) is 0 Å². The number of hydrogen-bond acceptors (Lipinski definition) is 4.